The molecule has 0 amide bonds. The first-order valence-corrected chi connectivity index (χ1v) is 5.40. The number of phenolic OH excluding ortho intramolecular Hbond substituents is 1. The van der Waals surface area contributed by atoms with Crippen LogP contribution in [0, 0.1) is 0 Å². The zero-order chi connectivity index (χ0) is 12.2. The van der Waals surface area contributed by atoms with Crippen LogP contribution < -0.4 is 0 Å². The number of phenols is 1. The monoisotopic (exact) mass is 265 g/mol. The molecule has 0 aliphatic carbocycles. The summed E-state index contributed by atoms with van der Waals surface area (Å²) in [5.74, 6) is 0.239. The second-order valence-corrected chi connectivity index (χ2v) is 3.58. The minimum atomic E-state index is -5.17. The summed E-state index contributed by atoms with van der Waals surface area (Å²) in [5, 5.41) is 10.3. The Morgan fingerprint density at radius 2 is 1.65 bits per heavy atom. The largest absolute Gasteiger partial charge is 2.00 e. The van der Waals surface area contributed by atoms with Crippen molar-refractivity contribution < 1.29 is 22.6 Å². The van der Waals surface area contributed by atoms with Gasteiger partial charge in [0.1, 0.15) is 11.3 Å². The third-order valence-electron chi connectivity index (χ3n) is 1.61. The Bertz CT molecular complexity index is 573. The van der Waals surface area contributed by atoms with Gasteiger partial charge in [0.05, 0.1) is 0 Å². The number of pyridine rings is 1. The molecule has 1 N–H and O–H groups in total. The number of rotatable bonds is 0. The molecule has 8 heteroatoms. The zero-order valence-corrected chi connectivity index (χ0v) is 10.8. The van der Waals surface area contributed by atoms with Crippen LogP contribution in [0.4, 0.5) is 0 Å². The van der Waals surface area contributed by atoms with Crippen LogP contribution in [0.2, 0.25) is 0 Å². The predicted molar refractivity (Wildman–Crippen MR) is 59.6 cm³/mol. The molecular weight excluding hydrogens is 258 g/mol. The summed E-state index contributed by atoms with van der Waals surface area (Å²) in [4.78, 5) is 4.03. The summed E-state index contributed by atoms with van der Waals surface area (Å²) in [5.41, 5.74) is 0.662. The van der Waals surface area contributed by atoms with Gasteiger partial charge in [-0.3, -0.25) is 13.4 Å². The molecule has 2 aromatic rings. The van der Waals surface area contributed by atoms with Gasteiger partial charge in [-0.15, -0.1) is 0 Å². The van der Waals surface area contributed by atoms with Crippen molar-refractivity contribution >= 4 is 44.4 Å². The maximum Gasteiger partial charge on any atom is 2.00 e. The van der Waals surface area contributed by atoms with Crippen LogP contribution in [-0.4, -0.2) is 50.7 Å². The minimum Gasteiger partial charge on any atom is -0.759 e. The van der Waals surface area contributed by atoms with E-state index in [1.165, 1.54) is 0 Å². The Kier molecular flexibility index (Phi) is 6.35. The van der Waals surface area contributed by atoms with E-state index in [0.29, 0.717) is 5.52 Å². The summed E-state index contributed by atoms with van der Waals surface area (Å²) in [6.45, 7) is 0. The van der Waals surface area contributed by atoms with E-state index in [1.807, 2.05) is 18.2 Å². The number of nitrogens with zero attached hydrogens (tertiary/aromatic N) is 1. The normalized spacial score (nSPS) is 10.0. The molecular formula is C9H7MgNO5S. The van der Waals surface area contributed by atoms with Crippen LogP contribution in [0.15, 0.2) is 36.5 Å². The number of fused-ring (bicyclic) bond motifs is 1. The van der Waals surface area contributed by atoms with Crippen LogP contribution in [0.5, 0.6) is 5.75 Å². The first-order valence-electron chi connectivity index (χ1n) is 4.07. The predicted octanol–water partition coefficient (Wildman–Crippen LogP) is 0.222. The molecule has 1 heterocycles. The van der Waals surface area contributed by atoms with E-state index in [-0.39, 0.29) is 28.8 Å². The van der Waals surface area contributed by atoms with Gasteiger partial charge < -0.3 is 14.2 Å². The van der Waals surface area contributed by atoms with E-state index < -0.39 is 10.4 Å². The fraction of sp³-hybridized carbons (Fsp3) is 0. The molecule has 1 aromatic carbocycles. The summed E-state index contributed by atoms with van der Waals surface area (Å²) in [6.07, 6.45) is 1.67. The third kappa shape index (κ3) is 6.39. The van der Waals surface area contributed by atoms with E-state index in [9.17, 15) is 5.11 Å². The molecule has 17 heavy (non-hydrogen) atoms. The van der Waals surface area contributed by atoms with Crippen molar-refractivity contribution in [2.75, 3.05) is 0 Å². The van der Waals surface area contributed by atoms with Gasteiger partial charge in [-0.2, -0.15) is 0 Å². The summed E-state index contributed by atoms with van der Waals surface area (Å²) in [7, 11) is -5.17. The molecule has 86 valence electrons. The second kappa shape index (κ2) is 6.72. The van der Waals surface area contributed by atoms with Crippen molar-refractivity contribution in [3.63, 3.8) is 0 Å². The van der Waals surface area contributed by atoms with Crippen LogP contribution in [0.1, 0.15) is 0 Å². The van der Waals surface area contributed by atoms with E-state index in [1.54, 1.807) is 18.3 Å². The van der Waals surface area contributed by atoms with Crippen molar-refractivity contribution in [2.45, 2.75) is 0 Å². The average Bonchev–Trinajstić information content (AvgIpc) is 2.16. The Morgan fingerprint density at radius 3 is 2.18 bits per heavy atom. The van der Waals surface area contributed by atoms with Gasteiger partial charge in [0, 0.05) is 22.0 Å². The summed E-state index contributed by atoms with van der Waals surface area (Å²) >= 11 is 0. The molecule has 0 aliphatic heterocycles. The van der Waals surface area contributed by atoms with E-state index in [4.69, 9.17) is 17.5 Å². The molecule has 0 unspecified atom stereocenters. The number of aromatic nitrogens is 1. The second-order valence-electron chi connectivity index (χ2n) is 2.76. The van der Waals surface area contributed by atoms with Crippen molar-refractivity contribution in [1.29, 1.82) is 0 Å². The van der Waals surface area contributed by atoms with Crippen molar-refractivity contribution in [3.05, 3.63) is 36.5 Å². The van der Waals surface area contributed by atoms with E-state index in [0.717, 1.165) is 5.39 Å². The van der Waals surface area contributed by atoms with Crippen LogP contribution in [-0.2, 0) is 10.4 Å². The van der Waals surface area contributed by atoms with Crippen molar-refractivity contribution in [1.82, 2.24) is 4.98 Å². The molecule has 6 nitrogen and oxygen atoms in total. The minimum absolute atomic E-state index is 0. The smallest absolute Gasteiger partial charge is 0.759 e. The standard InChI is InChI=1S/C9H7NO.Mg.H2O4S/c11-8-5-1-3-7-4-2-6-10-9(7)8;;1-5(2,3)4/h1-6,11H;;(H2,1,2,3,4)/q;+2;/p-2. The Morgan fingerprint density at radius 1 is 1.12 bits per heavy atom. The van der Waals surface area contributed by atoms with Crippen LogP contribution in [0.25, 0.3) is 10.9 Å². The van der Waals surface area contributed by atoms with Crippen molar-refractivity contribution in [2.24, 2.45) is 0 Å². The molecule has 1 aromatic heterocycles. The zero-order valence-electron chi connectivity index (χ0n) is 8.61. The first kappa shape index (κ1) is 16.1. The average molecular weight is 266 g/mol. The third-order valence-corrected chi connectivity index (χ3v) is 1.61. The molecule has 0 bridgehead atoms. The van der Waals surface area contributed by atoms with Gasteiger partial charge >= 0.3 is 23.1 Å². The Balaban J connectivity index is 0.000000373. The molecule has 0 atom stereocenters. The Labute approximate surface area is 114 Å². The van der Waals surface area contributed by atoms with Gasteiger partial charge in [0.25, 0.3) is 0 Å². The van der Waals surface area contributed by atoms with Gasteiger partial charge in [0.15, 0.2) is 0 Å². The summed E-state index contributed by atoms with van der Waals surface area (Å²) in [6, 6.07) is 9.13. The number of hydrogen-bond donors (Lipinski definition) is 1. The molecule has 0 fully saturated rings. The fourth-order valence-electron chi connectivity index (χ4n) is 1.09. The van der Waals surface area contributed by atoms with Gasteiger partial charge in [-0.05, 0) is 12.1 Å². The molecule has 0 saturated heterocycles. The molecule has 2 rings (SSSR count). The van der Waals surface area contributed by atoms with E-state index in [2.05, 4.69) is 4.98 Å². The first-order chi connectivity index (χ1) is 7.38. The maximum absolute atomic E-state index is 9.31. The fourth-order valence-corrected chi connectivity index (χ4v) is 1.09. The van der Waals surface area contributed by atoms with Crippen LogP contribution >= 0.6 is 0 Å². The number of hydrogen-bond acceptors (Lipinski definition) is 6. The van der Waals surface area contributed by atoms with Gasteiger partial charge in [-0.25, -0.2) is 0 Å². The quantitative estimate of drug-likeness (QED) is 0.414. The van der Waals surface area contributed by atoms with Crippen LogP contribution in [0.3, 0.4) is 0 Å². The van der Waals surface area contributed by atoms with E-state index >= 15 is 0 Å². The SMILES string of the molecule is O=S(=O)([O-])[O-].Oc1cccc2cccnc12.[Mg+2]. The number of para-hydroxylation sites is 1. The maximum atomic E-state index is 9.31. The van der Waals surface area contributed by atoms with Gasteiger partial charge in [0.2, 0.25) is 0 Å². The molecule has 0 saturated carbocycles. The topological polar surface area (TPSA) is 113 Å². The molecule has 0 aliphatic rings. The summed E-state index contributed by atoms with van der Waals surface area (Å²) < 4.78 is 34.1. The number of benzene rings is 1. The number of aromatic hydroxyl groups is 1. The molecule has 0 radical (unpaired) electrons. The Hall–Kier alpha value is -0.934. The molecule has 0 spiro atoms. The van der Waals surface area contributed by atoms with Crippen molar-refractivity contribution in [3.8, 4) is 5.75 Å². The van der Waals surface area contributed by atoms with Gasteiger partial charge in [-0.1, -0.05) is 18.2 Å².